The highest BCUT2D eigenvalue weighted by Crippen LogP contribution is 2.30. The van der Waals surface area contributed by atoms with Crippen LogP contribution in [0.2, 0.25) is 0 Å². The third-order valence-electron chi connectivity index (χ3n) is 3.30. The number of aromatic nitrogens is 2. The van der Waals surface area contributed by atoms with E-state index in [9.17, 15) is 5.11 Å². The molecule has 0 radical (unpaired) electrons. The minimum absolute atomic E-state index is 0.340. The lowest BCUT2D eigenvalue weighted by Gasteiger charge is -2.17. The Bertz CT molecular complexity index is 273. The maximum Gasteiger partial charge on any atom is 0.120 e. The highest BCUT2D eigenvalue weighted by Gasteiger charge is 2.25. The molecule has 1 fully saturated rings. The normalized spacial score (nSPS) is 25.9. The van der Waals surface area contributed by atoms with Gasteiger partial charge in [-0.15, -0.1) is 0 Å². The molecule has 1 aliphatic carbocycles. The Kier molecular flexibility index (Phi) is 3.75. The molecule has 3 N–H and O–H groups in total. The second kappa shape index (κ2) is 5.28. The van der Waals surface area contributed by atoms with Crippen molar-refractivity contribution < 1.29 is 5.11 Å². The van der Waals surface area contributed by atoms with Gasteiger partial charge in [0.15, 0.2) is 0 Å². The molecule has 1 aromatic heterocycles. The molecule has 2 unspecified atom stereocenters. The Hall–Kier alpha value is -0.870. The van der Waals surface area contributed by atoms with Crippen molar-refractivity contribution >= 4 is 0 Å². The summed E-state index contributed by atoms with van der Waals surface area (Å²) in [4.78, 5) is 7.22. The van der Waals surface area contributed by atoms with Gasteiger partial charge in [-0.05, 0) is 31.2 Å². The average molecular weight is 209 g/mol. The van der Waals surface area contributed by atoms with Gasteiger partial charge in [-0.25, -0.2) is 4.98 Å². The number of hydrogen-bond acceptors (Lipinski definition) is 3. The van der Waals surface area contributed by atoms with Gasteiger partial charge in [0.2, 0.25) is 0 Å². The van der Waals surface area contributed by atoms with Crippen LogP contribution < -0.4 is 5.32 Å². The molecule has 84 valence electrons. The zero-order valence-corrected chi connectivity index (χ0v) is 8.95. The first-order chi connectivity index (χ1) is 7.40. The fourth-order valence-electron chi connectivity index (χ4n) is 2.39. The zero-order valence-electron chi connectivity index (χ0n) is 8.95. The molecule has 1 heterocycles. The van der Waals surface area contributed by atoms with Gasteiger partial charge in [0, 0.05) is 19.0 Å². The second-order valence-electron chi connectivity index (χ2n) is 4.30. The molecule has 0 spiro atoms. The number of aliphatic hydroxyl groups excluding tert-OH is 1. The summed E-state index contributed by atoms with van der Waals surface area (Å²) in [5, 5.41) is 12.6. The third-order valence-corrected chi connectivity index (χ3v) is 3.30. The van der Waals surface area contributed by atoms with Gasteiger partial charge < -0.3 is 15.4 Å². The lowest BCUT2D eigenvalue weighted by Crippen LogP contribution is -2.26. The SMILES string of the molecule is OCC1CCCC1CNCc1ncc[nH]1. The molecule has 0 aromatic carbocycles. The standard InChI is InChI=1S/C11H19N3O/c15-8-10-3-1-2-9(10)6-12-7-11-13-4-5-14-11/h4-5,9-10,12,15H,1-3,6-8H2,(H,13,14). The quantitative estimate of drug-likeness (QED) is 0.675. The molecular weight excluding hydrogens is 190 g/mol. The lowest BCUT2D eigenvalue weighted by atomic mass is 9.97. The Morgan fingerprint density at radius 1 is 1.47 bits per heavy atom. The van der Waals surface area contributed by atoms with Crippen molar-refractivity contribution in [2.45, 2.75) is 25.8 Å². The van der Waals surface area contributed by atoms with Crippen molar-refractivity contribution in [2.75, 3.05) is 13.2 Å². The second-order valence-corrected chi connectivity index (χ2v) is 4.30. The summed E-state index contributed by atoms with van der Waals surface area (Å²) in [7, 11) is 0. The number of nitrogens with one attached hydrogen (secondary N) is 2. The van der Waals surface area contributed by atoms with E-state index in [0.717, 1.165) is 18.9 Å². The van der Waals surface area contributed by atoms with E-state index in [0.29, 0.717) is 18.4 Å². The summed E-state index contributed by atoms with van der Waals surface area (Å²) in [6.45, 7) is 2.13. The molecule has 4 heteroatoms. The molecule has 15 heavy (non-hydrogen) atoms. The van der Waals surface area contributed by atoms with E-state index < -0.39 is 0 Å². The predicted octanol–water partition coefficient (Wildman–Crippen LogP) is 0.908. The summed E-state index contributed by atoms with van der Waals surface area (Å²) in [6, 6.07) is 0. The number of aliphatic hydroxyl groups is 1. The molecular formula is C11H19N3O. The minimum atomic E-state index is 0.340. The minimum Gasteiger partial charge on any atom is -0.396 e. The van der Waals surface area contributed by atoms with Crippen LogP contribution >= 0.6 is 0 Å². The maximum absolute atomic E-state index is 9.17. The highest BCUT2D eigenvalue weighted by molar-refractivity contribution is 4.86. The molecule has 2 atom stereocenters. The largest absolute Gasteiger partial charge is 0.396 e. The number of hydrogen-bond donors (Lipinski definition) is 3. The van der Waals surface area contributed by atoms with E-state index in [-0.39, 0.29) is 0 Å². The van der Waals surface area contributed by atoms with Gasteiger partial charge in [-0.3, -0.25) is 0 Å². The van der Waals surface area contributed by atoms with E-state index in [1.807, 2.05) is 6.20 Å². The molecule has 0 amide bonds. The van der Waals surface area contributed by atoms with Crippen molar-refractivity contribution in [3.8, 4) is 0 Å². The molecule has 2 rings (SSSR count). The fraction of sp³-hybridized carbons (Fsp3) is 0.727. The topological polar surface area (TPSA) is 60.9 Å². The van der Waals surface area contributed by atoms with E-state index in [2.05, 4.69) is 15.3 Å². The van der Waals surface area contributed by atoms with Gasteiger partial charge in [0.05, 0.1) is 6.54 Å². The smallest absolute Gasteiger partial charge is 0.120 e. The number of nitrogens with zero attached hydrogens (tertiary/aromatic N) is 1. The summed E-state index contributed by atoms with van der Waals surface area (Å²) >= 11 is 0. The van der Waals surface area contributed by atoms with Crippen LogP contribution in [0.3, 0.4) is 0 Å². The molecule has 0 saturated heterocycles. The van der Waals surface area contributed by atoms with Gasteiger partial charge in [-0.1, -0.05) is 6.42 Å². The number of rotatable bonds is 5. The molecule has 0 bridgehead atoms. The van der Waals surface area contributed by atoms with Crippen LogP contribution in [-0.4, -0.2) is 28.2 Å². The first-order valence-electron chi connectivity index (χ1n) is 5.70. The Labute approximate surface area is 90.1 Å². The van der Waals surface area contributed by atoms with Crippen LogP contribution in [0.25, 0.3) is 0 Å². The summed E-state index contributed by atoms with van der Waals surface area (Å²) in [5.41, 5.74) is 0. The van der Waals surface area contributed by atoms with E-state index in [1.165, 1.54) is 19.3 Å². The number of H-pyrrole nitrogens is 1. The summed E-state index contributed by atoms with van der Waals surface area (Å²) in [6.07, 6.45) is 7.30. The molecule has 0 aliphatic heterocycles. The van der Waals surface area contributed by atoms with Crippen LogP contribution in [0.5, 0.6) is 0 Å². The van der Waals surface area contributed by atoms with Crippen molar-refractivity contribution in [3.63, 3.8) is 0 Å². The molecule has 4 nitrogen and oxygen atoms in total. The Morgan fingerprint density at radius 3 is 3.07 bits per heavy atom. The number of imidazole rings is 1. The van der Waals surface area contributed by atoms with Gasteiger partial charge >= 0.3 is 0 Å². The average Bonchev–Trinajstić information content (AvgIpc) is 2.88. The monoisotopic (exact) mass is 209 g/mol. The van der Waals surface area contributed by atoms with Crippen molar-refractivity contribution in [1.29, 1.82) is 0 Å². The van der Waals surface area contributed by atoms with Gasteiger partial charge in [0.1, 0.15) is 5.82 Å². The lowest BCUT2D eigenvalue weighted by molar-refractivity contribution is 0.192. The van der Waals surface area contributed by atoms with Crippen LogP contribution in [0.1, 0.15) is 25.1 Å². The number of aromatic amines is 1. The predicted molar refractivity (Wildman–Crippen MR) is 58.2 cm³/mol. The van der Waals surface area contributed by atoms with Gasteiger partial charge in [-0.2, -0.15) is 0 Å². The molecule has 1 aromatic rings. The van der Waals surface area contributed by atoms with E-state index in [1.54, 1.807) is 6.20 Å². The van der Waals surface area contributed by atoms with Crippen LogP contribution in [-0.2, 0) is 6.54 Å². The molecule has 1 aliphatic rings. The highest BCUT2D eigenvalue weighted by atomic mass is 16.3. The fourth-order valence-corrected chi connectivity index (χ4v) is 2.39. The third kappa shape index (κ3) is 2.79. The van der Waals surface area contributed by atoms with Crippen LogP contribution in [0.4, 0.5) is 0 Å². The van der Waals surface area contributed by atoms with Crippen molar-refractivity contribution in [3.05, 3.63) is 18.2 Å². The van der Waals surface area contributed by atoms with Gasteiger partial charge in [0.25, 0.3) is 0 Å². The Balaban J connectivity index is 1.69. The van der Waals surface area contributed by atoms with E-state index in [4.69, 9.17) is 0 Å². The van der Waals surface area contributed by atoms with Crippen LogP contribution in [0, 0.1) is 11.8 Å². The summed E-state index contributed by atoms with van der Waals surface area (Å²) < 4.78 is 0. The maximum atomic E-state index is 9.17. The first kappa shape index (κ1) is 10.6. The Morgan fingerprint density at radius 2 is 2.33 bits per heavy atom. The summed E-state index contributed by atoms with van der Waals surface area (Å²) in [5.74, 6) is 2.13. The molecule has 1 saturated carbocycles. The van der Waals surface area contributed by atoms with Crippen molar-refractivity contribution in [2.24, 2.45) is 11.8 Å². The first-order valence-corrected chi connectivity index (χ1v) is 5.70. The van der Waals surface area contributed by atoms with E-state index >= 15 is 0 Å². The van der Waals surface area contributed by atoms with Crippen LogP contribution in [0.15, 0.2) is 12.4 Å². The van der Waals surface area contributed by atoms with Crippen molar-refractivity contribution in [1.82, 2.24) is 15.3 Å². The zero-order chi connectivity index (χ0) is 10.5.